The van der Waals surface area contributed by atoms with E-state index in [1.54, 1.807) is 29.5 Å². The molecule has 140 valence electrons. The van der Waals surface area contributed by atoms with Crippen LogP contribution in [0.2, 0.25) is 0 Å². The number of hydrogen-bond donors (Lipinski definition) is 2. The molecule has 3 aromatic rings. The highest BCUT2D eigenvalue weighted by atomic mass is 32.1. The van der Waals surface area contributed by atoms with E-state index in [4.69, 9.17) is 9.47 Å². The van der Waals surface area contributed by atoms with Crippen LogP contribution in [0.3, 0.4) is 0 Å². The minimum absolute atomic E-state index is 0.194. The van der Waals surface area contributed by atoms with Gasteiger partial charge in [0.25, 0.3) is 5.91 Å². The van der Waals surface area contributed by atoms with Crippen LogP contribution >= 0.6 is 22.7 Å². The second-order valence-corrected chi connectivity index (χ2v) is 6.98. The number of benzene rings is 1. The molecule has 0 fully saturated rings. The van der Waals surface area contributed by atoms with Crippen LogP contribution in [0.4, 0.5) is 5.13 Å². The summed E-state index contributed by atoms with van der Waals surface area (Å²) in [6.07, 6.45) is 0. The van der Waals surface area contributed by atoms with E-state index in [9.17, 15) is 9.59 Å². The molecule has 0 aliphatic carbocycles. The minimum atomic E-state index is -0.401. The monoisotopic (exact) mass is 404 g/mol. The Labute approximate surface area is 163 Å². The predicted octanol–water partition coefficient (Wildman–Crippen LogP) is 2.65. The number of amides is 2. The molecule has 2 heterocycles. The first-order valence-corrected chi connectivity index (χ1v) is 9.52. The van der Waals surface area contributed by atoms with Crippen molar-refractivity contribution >= 4 is 39.6 Å². The topological polar surface area (TPSA) is 102 Å². The Hall–Kier alpha value is -2.98. The first kappa shape index (κ1) is 18.8. The molecule has 27 heavy (non-hydrogen) atoms. The van der Waals surface area contributed by atoms with Crippen LogP contribution in [0.5, 0.6) is 11.5 Å². The second kappa shape index (κ2) is 8.60. The highest BCUT2D eigenvalue weighted by molar-refractivity contribution is 7.19. The standard InChI is InChI=1S/C17H16N4O4S2/c1-24-12-4-3-10(7-13(12)25-2)15(23)18-8-14(22)19-17-21-20-16(27-17)11-5-6-26-9-11/h3-7,9H,8H2,1-2H3,(H,18,23)(H,19,21,22). The number of carbonyl (C=O) groups is 2. The third kappa shape index (κ3) is 4.60. The SMILES string of the molecule is COc1ccc(C(=O)NCC(=O)Nc2nnc(-c3ccsc3)s2)cc1OC. The summed E-state index contributed by atoms with van der Waals surface area (Å²) in [6, 6.07) is 6.69. The Morgan fingerprint density at radius 3 is 2.63 bits per heavy atom. The van der Waals surface area contributed by atoms with E-state index in [1.165, 1.54) is 25.6 Å². The number of methoxy groups -OCH3 is 2. The lowest BCUT2D eigenvalue weighted by molar-refractivity contribution is -0.115. The lowest BCUT2D eigenvalue weighted by atomic mass is 10.2. The van der Waals surface area contributed by atoms with Crippen LogP contribution in [0.25, 0.3) is 10.6 Å². The molecule has 0 unspecified atom stereocenters. The molecule has 0 bridgehead atoms. The maximum absolute atomic E-state index is 12.2. The van der Waals surface area contributed by atoms with E-state index >= 15 is 0 Å². The number of rotatable bonds is 7. The van der Waals surface area contributed by atoms with Crippen LogP contribution in [-0.4, -0.2) is 42.8 Å². The van der Waals surface area contributed by atoms with Gasteiger partial charge in [-0.3, -0.25) is 14.9 Å². The number of ether oxygens (including phenoxy) is 2. The summed E-state index contributed by atoms with van der Waals surface area (Å²) in [4.78, 5) is 24.3. The maximum Gasteiger partial charge on any atom is 0.251 e. The van der Waals surface area contributed by atoms with Gasteiger partial charge in [0.15, 0.2) is 11.5 Å². The molecule has 0 saturated carbocycles. The average molecular weight is 404 g/mol. The van der Waals surface area contributed by atoms with E-state index in [-0.39, 0.29) is 6.54 Å². The van der Waals surface area contributed by atoms with Crippen molar-refractivity contribution in [1.82, 2.24) is 15.5 Å². The molecule has 0 spiro atoms. The van der Waals surface area contributed by atoms with Crippen molar-refractivity contribution in [3.8, 4) is 22.1 Å². The number of nitrogens with one attached hydrogen (secondary N) is 2. The lowest BCUT2D eigenvalue weighted by Crippen LogP contribution is -2.32. The predicted molar refractivity (Wildman–Crippen MR) is 104 cm³/mol. The Morgan fingerprint density at radius 1 is 1.11 bits per heavy atom. The molecule has 8 nitrogen and oxygen atoms in total. The third-order valence-corrected chi connectivity index (χ3v) is 5.07. The molecule has 2 aromatic heterocycles. The van der Waals surface area contributed by atoms with Crippen molar-refractivity contribution in [3.05, 3.63) is 40.6 Å². The Bertz CT molecular complexity index is 940. The zero-order chi connectivity index (χ0) is 19.2. The molecule has 3 rings (SSSR count). The number of anilines is 1. The average Bonchev–Trinajstić information content (AvgIpc) is 3.37. The van der Waals surface area contributed by atoms with Gasteiger partial charge in [-0.2, -0.15) is 11.3 Å². The maximum atomic E-state index is 12.2. The van der Waals surface area contributed by atoms with Gasteiger partial charge in [0.2, 0.25) is 11.0 Å². The number of thiophene rings is 1. The van der Waals surface area contributed by atoms with E-state index in [0.717, 1.165) is 10.6 Å². The zero-order valence-electron chi connectivity index (χ0n) is 14.5. The van der Waals surface area contributed by atoms with Crippen LogP contribution in [0.1, 0.15) is 10.4 Å². The second-order valence-electron chi connectivity index (χ2n) is 5.23. The molecule has 2 amide bonds. The van der Waals surface area contributed by atoms with Crippen molar-refractivity contribution < 1.29 is 19.1 Å². The van der Waals surface area contributed by atoms with Gasteiger partial charge in [-0.25, -0.2) is 0 Å². The molecular formula is C17H16N4O4S2. The van der Waals surface area contributed by atoms with Gasteiger partial charge in [0.05, 0.1) is 20.8 Å². The first-order chi connectivity index (χ1) is 13.1. The Balaban J connectivity index is 1.55. The summed E-state index contributed by atoms with van der Waals surface area (Å²) in [5.41, 5.74) is 1.32. The van der Waals surface area contributed by atoms with Crippen LogP contribution < -0.4 is 20.1 Å². The number of hydrogen-bond acceptors (Lipinski definition) is 8. The van der Waals surface area contributed by atoms with Crippen molar-refractivity contribution in [2.24, 2.45) is 0 Å². The van der Waals surface area contributed by atoms with Crippen LogP contribution in [0.15, 0.2) is 35.0 Å². The van der Waals surface area contributed by atoms with E-state index in [0.29, 0.717) is 22.2 Å². The van der Waals surface area contributed by atoms with Gasteiger partial charge in [0, 0.05) is 16.5 Å². The fourth-order valence-corrected chi connectivity index (χ4v) is 3.65. The number of carbonyl (C=O) groups excluding carboxylic acids is 2. The van der Waals surface area contributed by atoms with Gasteiger partial charge < -0.3 is 14.8 Å². The van der Waals surface area contributed by atoms with Crippen molar-refractivity contribution in [2.75, 3.05) is 26.1 Å². The summed E-state index contributed by atoms with van der Waals surface area (Å²) in [5.74, 6) is 0.160. The van der Waals surface area contributed by atoms with Crippen molar-refractivity contribution in [1.29, 1.82) is 0 Å². The molecular weight excluding hydrogens is 388 g/mol. The molecule has 0 atom stereocenters. The van der Waals surface area contributed by atoms with Gasteiger partial charge >= 0.3 is 0 Å². The molecule has 0 aliphatic heterocycles. The fraction of sp³-hybridized carbons (Fsp3) is 0.176. The van der Waals surface area contributed by atoms with Gasteiger partial charge in [-0.05, 0) is 29.6 Å². The normalized spacial score (nSPS) is 10.3. The molecule has 0 radical (unpaired) electrons. The lowest BCUT2D eigenvalue weighted by Gasteiger charge is -2.09. The van der Waals surface area contributed by atoms with Gasteiger partial charge in [-0.15, -0.1) is 10.2 Å². The quantitative estimate of drug-likeness (QED) is 0.628. The molecule has 1 aromatic carbocycles. The van der Waals surface area contributed by atoms with E-state index < -0.39 is 11.8 Å². The highest BCUT2D eigenvalue weighted by Gasteiger charge is 2.13. The van der Waals surface area contributed by atoms with Crippen LogP contribution in [0, 0.1) is 0 Å². The fourth-order valence-electron chi connectivity index (χ4n) is 2.18. The molecule has 0 aliphatic rings. The minimum Gasteiger partial charge on any atom is -0.493 e. The summed E-state index contributed by atoms with van der Waals surface area (Å²) in [6.45, 7) is -0.194. The van der Waals surface area contributed by atoms with Crippen molar-refractivity contribution in [2.45, 2.75) is 0 Å². The molecule has 10 heteroatoms. The summed E-state index contributed by atoms with van der Waals surface area (Å²) < 4.78 is 10.3. The summed E-state index contributed by atoms with van der Waals surface area (Å²) in [7, 11) is 3.00. The first-order valence-electron chi connectivity index (χ1n) is 7.77. The highest BCUT2D eigenvalue weighted by Crippen LogP contribution is 2.28. The zero-order valence-corrected chi connectivity index (χ0v) is 16.1. The van der Waals surface area contributed by atoms with Gasteiger partial charge in [0.1, 0.15) is 5.01 Å². The largest absolute Gasteiger partial charge is 0.493 e. The summed E-state index contributed by atoms with van der Waals surface area (Å²) in [5, 5.41) is 18.1. The number of nitrogens with zero attached hydrogens (tertiary/aromatic N) is 2. The summed E-state index contributed by atoms with van der Waals surface area (Å²) >= 11 is 2.83. The Morgan fingerprint density at radius 2 is 1.93 bits per heavy atom. The van der Waals surface area contributed by atoms with Crippen LogP contribution in [-0.2, 0) is 4.79 Å². The molecule has 2 N–H and O–H groups in total. The Kier molecular flexibility index (Phi) is 5.99. The van der Waals surface area contributed by atoms with Crippen molar-refractivity contribution in [3.63, 3.8) is 0 Å². The van der Waals surface area contributed by atoms with E-state index in [1.807, 2.05) is 16.8 Å². The smallest absolute Gasteiger partial charge is 0.251 e. The van der Waals surface area contributed by atoms with Gasteiger partial charge in [-0.1, -0.05) is 11.3 Å². The molecule has 0 saturated heterocycles. The van der Waals surface area contributed by atoms with E-state index in [2.05, 4.69) is 20.8 Å². The number of aromatic nitrogens is 2. The third-order valence-electron chi connectivity index (χ3n) is 3.49.